The maximum atomic E-state index is 12.3. The van der Waals surface area contributed by atoms with E-state index in [0.29, 0.717) is 12.3 Å². The van der Waals surface area contributed by atoms with Crippen LogP contribution in [0.15, 0.2) is 0 Å². The van der Waals surface area contributed by atoms with Crippen LogP contribution in [0.1, 0.15) is 44.9 Å². The fourth-order valence-corrected chi connectivity index (χ4v) is 3.20. The summed E-state index contributed by atoms with van der Waals surface area (Å²) in [5.41, 5.74) is 6.11. The van der Waals surface area contributed by atoms with Gasteiger partial charge < -0.3 is 15.4 Å². The number of carbonyl (C=O) groups excluding carboxylic acids is 1. The van der Waals surface area contributed by atoms with Crippen LogP contribution in [0.25, 0.3) is 0 Å². The van der Waals surface area contributed by atoms with E-state index in [9.17, 15) is 4.79 Å². The third-order valence-electron chi connectivity index (χ3n) is 4.47. The Bertz CT molecular complexity index is 289. The smallest absolute Gasteiger partial charge is 0.222 e. The van der Waals surface area contributed by atoms with Crippen molar-refractivity contribution in [3.05, 3.63) is 0 Å². The summed E-state index contributed by atoms with van der Waals surface area (Å²) < 4.78 is 5.36. The van der Waals surface area contributed by atoms with Crippen LogP contribution in [-0.4, -0.2) is 43.2 Å². The van der Waals surface area contributed by atoms with Crippen molar-refractivity contribution in [1.29, 1.82) is 0 Å². The van der Waals surface area contributed by atoms with Gasteiger partial charge in [-0.05, 0) is 31.6 Å². The van der Waals surface area contributed by atoms with E-state index in [0.717, 1.165) is 38.8 Å². The lowest BCUT2D eigenvalue weighted by molar-refractivity contribution is -0.136. The summed E-state index contributed by atoms with van der Waals surface area (Å²) >= 11 is 0. The zero-order chi connectivity index (χ0) is 13.0. The highest BCUT2D eigenvalue weighted by Crippen LogP contribution is 2.26. The van der Waals surface area contributed by atoms with Gasteiger partial charge in [-0.1, -0.05) is 12.8 Å². The molecule has 1 heterocycles. The molecule has 1 aliphatic carbocycles. The summed E-state index contributed by atoms with van der Waals surface area (Å²) in [6.07, 6.45) is 7.64. The minimum absolute atomic E-state index is 0. The molecule has 3 atom stereocenters. The molecular formula is C14H27ClN2O2. The zero-order valence-electron chi connectivity index (χ0n) is 11.8. The molecule has 0 aromatic carbocycles. The minimum atomic E-state index is 0. The van der Waals surface area contributed by atoms with Gasteiger partial charge >= 0.3 is 0 Å². The molecule has 0 spiro atoms. The number of ether oxygens (including phenoxy) is 1. The highest BCUT2D eigenvalue weighted by atomic mass is 35.5. The summed E-state index contributed by atoms with van der Waals surface area (Å²) in [5.74, 6) is 0.674. The lowest BCUT2D eigenvalue weighted by Gasteiger charge is -2.34. The van der Waals surface area contributed by atoms with Crippen LogP contribution < -0.4 is 5.73 Å². The van der Waals surface area contributed by atoms with Crippen molar-refractivity contribution in [3.63, 3.8) is 0 Å². The molecule has 2 rings (SSSR count). The van der Waals surface area contributed by atoms with E-state index in [1.807, 2.05) is 4.90 Å². The number of methoxy groups -OCH3 is 1. The predicted octanol–water partition coefficient (Wildman–Crippen LogP) is 1.95. The van der Waals surface area contributed by atoms with Gasteiger partial charge in [0.25, 0.3) is 0 Å². The SMILES string of the molecule is COC1CCCN(C(=O)CC2CCCCC2N)C1.Cl. The number of amides is 1. The first-order valence-corrected chi connectivity index (χ1v) is 7.27. The molecule has 0 aromatic heterocycles. The van der Waals surface area contributed by atoms with Crippen molar-refractivity contribution < 1.29 is 9.53 Å². The summed E-state index contributed by atoms with van der Waals surface area (Å²) in [6, 6.07) is 0.228. The van der Waals surface area contributed by atoms with Gasteiger partial charge in [0.15, 0.2) is 0 Å². The van der Waals surface area contributed by atoms with Gasteiger partial charge in [-0.15, -0.1) is 12.4 Å². The van der Waals surface area contributed by atoms with Gasteiger partial charge in [-0.3, -0.25) is 4.79 Å². The number of hydrogen-bond acceptors (Lipinski definition) is 3. The highest BCUT2D eigenvalue weighted by Gasteiger charge is 2.28. The molecule has 112 valence electrons. The van der Waals surface area contributed by atoms with Gasteiger partial charge in [0.2, 0.25) is 5.91 Å². The molecule has 2 aliphatic rings. The van der Waals surface area contributed by atoms with Gasteiger partial charge in [0.05, 0.1) is 6.10 Å². The zero-order valence-corrected chi connectivity index (χ0v) is 12.7. The number of likely N-dealkylation sites (tertiary alicyclic amines) is 1. The Morgan fingerprint density at radius 2 is 2.00 bits per heavy atom. The Morgan fingerprint density at radius 3 is 2.68 bits per heavy atom. The van der Waals surface area contributed by atoms with E-state index < -0.39 is 0 Å². The first-order chi connectivity index (χ1) is 8.70. The Kier molecular flexibility index (Phi) is 7.11. The van der Waals surface area contributed by atoms with Crippen molar-refractivity contribution in [2.24, 2.45) is 11.7 Å². The Labute approximate surface area is 122 Å². The minimum Gasteiger partial charge on any atom is -0.380 e. The Hall–Kier alpha value is -0.320. The van der Waals surface area contributed by atoms with E-state index in [1.165, 1.54) is 12.8 Å². The van der Waals surface area contributed by atoms with Gasteiger partial charge in [0, 0.05) is 32.7 Å². The molecule has 4 nitrogen and oxygen atoms in total. The third kappa shape index (κ3) is 4.62. The molecule has 0 radical (unpaired) electrons. The number of hydrogen-bond donors (Lipinski definition) is 1. The average molecular weight is 291 g/mol. The van der Waals surface area contributed by atoms with Crippen LogP contribution in [0.3, 0.4) is 0 Å². The number of carbonyl (C=O) groups is 1. The maximum Gasteiger partial charge on any atom is 0.222 e. The lowest BCUT2D eigenvalue weighted by Crippen LogP contribution is -2.45. The molecule has 0 aromatic rings. The second-order valence-electron chi connectivity index (χ2n) is 5.75. The third-order valence-corrected chi connectivity index (χ3v) is 4.47. The van der Waals surface area contributed by atoms with E-state index in [-0.39, 0.29) is 30.5 Å². The highest BCUT2D eigenvalue weighted by molar-refractivity contribution is 5.85. The number of rotatable bonds is 3. The molecule has 19 heavy (non-hydrogen) atoms. The molecule has 2 N–H and O–H groups in total. The first-order valence-electron chi connectivity index (χ1n) is 7.27. The van der Waals surface area contributed by atoms with Crippen LogP contribution in [-0.2, 0) is 9.53 Å². The van der Waals surface area contributed by atoms with E-state index in [2.05, 4.69) is 0 Å². The molecule has 5 heteroatoms. The first kappa shape index (κ1) is 16.7. The average Bonchev–Trinajstić information content (AvgIpc) is 2.41. The molecular weight excluding hydrogens is 264 g/mol. The van der Waals surface area contributed by atoms with Crippen LogP contribution in [0.2, 0.25) is 0 Å². The van der Waals surface area contributed by atoms with Gasteiger partial charge in [-0.25, -0.2) is 0 Å². The standard InChI is InChI=1S/C14H26N2O2.ClH/c1-18-12-6-4-8-16(10-12)14(17)9-11-5-2-3-7-13(11)15;/h11-13H,2-10,15H2,1H3;1H. The normalized spacial score (nSPS) is 31.7. The van der Waals surface area contributed by atoms with Crippen molar-refractivity contribution in [3.8, 4) is 0 Å². The molecule has 1 saturated carbocycles. The van der Waals surface area contributed by atoms with Crippen LogP contribution in [0.4, 0.5) is 0 Å². The fraction of sp³-hybridized carbons (Fsp3) is 0.929. The lowest BCUT2D eigenvalue weighted by atomic mass is 9.82. The summed E-state index contributed by atoms with van der Waals surface area (Å²) in [7, 11) is 1.73. The van der Waals surface area contributed by atoms with Gasteiger partial charge in [0.1, 0.15) is 0 Å². The second-order valence-corrected chi connectivity index (χ2v) is 5.75. The van der Waals surface area contributed by atoms with Crippen molar-refractivity contribution in [2.45, 2.75) is 57.1 Å². The molecule has 1 aliphatic heterocycles. The van der Waals surface area contributed by atoms with Crippen LogP contribution in [0, 0.1) is 5.92 Å². The van der Waals surface area contributed by atoms with Crippen molar-refractivity contribution in [2.75, 3.05) is 20.2 Å². The number of piperidine rings is 1. The predicted molar refractivity (Wildman–Crippen MR) is 78.4 cm³/mol. The number of nitrogens with two attached hydrogens (primary N) is 1. The molecule has 1 saturated heterocycles. The largest absolute Gasteiger partial charge is 0.380 e. The van der Waals surface area contributed by atoms with E-state index >= 15 is 0 Å². The van der Waals surface area contributed by atoms with Gasteiger partial charge in [-0.2, -0.15) is 0 Å². The van der Waals surface area contributed by atoms with E-state index in [1.54, 1.807) is 7.11 Å². The molecule has 2 fully saturated rings. The Morgan fingerprint density at radius 1 is 1.26 bits per heavy atom. The van der Waals surface area contributed by atoms with Crippen molar-refractivity contribution >= 4 is 18.3 Å². The van der Waals surface area contributed by atoms with Crippen LogP contribution >= 0.6 is 12.4 Å². The second kappa shape index (κ2) is 8.08. The monoisotopic (exact) mass is 290 g/mol. The summed E-state index contributed by atoms with van der Waals surface area (Å²) in [4.78, 5) is 14.3. The summed E-state index contributed by atoms with van der Waals surface area (Å²) in [6.45, 7) is 1.65. The van der Waals surface area contributed by atoms with Crippen LogP contribution in [0.5, 0.6) is 0 Å². The van der Waals surface area contributed by atoms with E-state index in [4.69, 9.17) is 10.5 Å². The Balaban J connectivity index is 0.00000180. The maximum absolute atomic E-state index is 12.3. The summed E-state index contributed by atoms with van der Waals surface area (Å²) in [5, 5.41) is 0. The topological polar surface area (TPSA) is 55.6 Å². The number of halogens is 1. The molecule has 1 amide bonds. The quantitative estimate of drug-likeness (QED) is 0.864. The molecule has 0 bridgehead atoms. The number of nitrogens with zero attached hydrogens (tertiary/aromatic N) is 1. The fourth-order valence-electron chi connectivity index (χ4n) is 3.20. The molecule has 3 unspecified atom stereocenters. The van der Waals surface area contributed by atoms with Crippen molar-refractivity contribution in [1.82, 2.24) is 4.90 Å².